The van der Waals surface area contributed by atoms with Gasteiger partial charge in [-0.25, -0.2) is 27.8 Å². The first-order valence-electron chi connectivity index (χ1n) is 12.2. The maximum Gasteiger partial charge on any atom is 0.149 e. The van der Waals surface area contributed by atoms with Crippen molar-refractivity contribution in [2.45, 2.75) is 13.2 Å². The van der Waals surface area contributed by atoms with Gasteiger partial charge in [0.2, 0.25) is 0 Å². The molecule has 0 fully saturated rings. The van der Waals surface area contributed by atoms with Crippen LogP contribution in [0.1, 0.15) is 10.6 Å². The normalized spacial score (nSPS) is 11.6. The Hall–Kier alpha value is -3.80. The Morgan fingerprint density at radius 3 is 2.73 bits per heavy atom. The predicted octanol–water partition coefficient (Wildman–Crippen LogP) is 5.76. The van der Waals surface area contributed by atoms with Gasteiger partial charge in [0.1, 0.15) is 45.2 Å². The molecule has 206 valence electrons. The first-order valence-corrected chi connectivity index (χ1v) is 15.5. The SMILES string of the molecule is CS(=O)(=O)CCN(Cc1nc(-c2ccc3ncnc(N)c3c2)cs1)c1ccc(OCc2cccc(F)c2)c(Cl)c1. The number of halogens is 2. The fourth-order valence-corrected chi connectivity index (χ4v) is 5.68. The molecule has 0 saturated carbocycles. The Kier molecular flexibility index (Phi) is 8.15. The largest absolute Gasteiger partial charge is 0.487 e. The Morgan fingerprint density at radius 2 is 1.95 bits per heavy atom. The molecule has 0 spiro atoms. The second kappa shape index (κ2) is 11.7. The lowest BCUT2D eigenvalue weighted by Crippen LogP contribution is -2.28. The molecule has 0 atom stereocenters. The number of sulfone groups is 1. The molecule has 2 N–H and O–H groups in total. The van der Waals surface area contributed by atoms with Crippen molar-refractivity contribution in [3.05, 3.63) is 93.8 Å². The average molecular weight is 598 g/mol. The molecule has 12 heteroatoms. The van der Waals surface area contributed by atoms with Crippen LogP contribution in [-0.2, 0) is 23.0 Å². The van der Waals surface area contributed by atoms with Gasteiger partial charge in [0, 0.05) is 34.8 Å². The zero-order chi connectivity index (χ0) is 28.3. The lowest BCUT2D eigenvalue weighted by Gasteiger charge is -2.24. The Labute approximate surface area is 240 Å². The molecule has 0 aliphatic heterocycles. The van der Waals surface area contributed by atoms with E-state index in [4.69, 9.17) is 27.1 Å². The first kappa shape index (κ1) is 27.8. The van der Waals surface area contributed by atoms with Crippen LogP contribution in [-0.4, -0.2) is 41.9 Å². The molecule has 5 rings (SSSR count). The number of anilines is 2. The molecule has 0 unspecified atom stereocenters. The minimum atomic E-state index is -3.21. The summed E-state index contributed by atoms with van der Waals surface area (Å²) >= 11 is 8.00. The van der Waals surface area contributed by atoms with Crippen molar-refractivity contribution in [2.75, 3.05) is 29.2 Å². The molecular formula is C28H25ClFN5O3S2. The molecule has 5 aromatic rings. The highest BCUT2D eigenvalue weighted by Gasteiger charge is 2.16. The van der Waals surface area contributed by atoms with E-state index in [-0.39, 0.29) is 24.7 Å². The van der Waals surface area contributed by atoms with Crippen LogP contribution in [0.5, 0.6) is 5.75 Å². The number of fused-ring (bicyclic) bond motifs is 1. The minimum absolute atomic E-state index is 0.0371. The van der Waals surface area contributed by atoms with Gasteiger partial charge >= 0.3 is 0 Å². The predicted molar refractivity (Wildman–Crippen MR) is 158 cm³/mol. The topological polar surface area (TPSA) is 111 Å². The fraction of sp³-hybridized carbons (Fsp3) is 0.179. The molecule has 0 aliphatic rings. The van der Waals surface area contributed by atoms with Crippen molar-refractivity contribution in [3.8, 4) is 17.0 Å². The number of aromatic nitrogens is 3. The summed E-state index contributed by atoms with van der Waals surface area (Å²) in [5.74, 6) is 0.460. The van der Waals surface area contributed by atoms with Crippen LogP contribution in [0.15, 0.2) is 72.4 Å². The second-order valence-electron chi connectivity index (χ2n) is 9.20. The van der Waals surface area contributed by atoms with Crippen molar-refractivity contribution in [3.63, 3.8) is 0 Å². The lowest BCUT2D eigenvalue weighted by molar-refractivity contribution is 0.306. The quantitative estimate of drug-likeness (QED) is 0.216. The van der Waals surface area contributed by atoms with Crippen LogP contribution in [0.2, 0.25) is 5.02 Å². The summed E-state index contributed by atoms with van der Waals surface area (Å²) in [6, 6.07) is 17.1. The summed E-state index contributed by atoms with van der Waals surface area (Å²) in [6.45, 7) is 0.777. The molecule has 2 heterocycles. The van der Waals surface area contributed by atoms with Gasteiger partial charge in [-0.2, -0.15) is 0 Å². The standard InChI is InChI=1S/C28H25ClFN5O3S2/c1-40(36,37)10-9-35(21-6-8-26(23(29)13-21)38-15-18-3-2-4-20(30)11-18)14-27-34-25(16-39-27)19-5-7-24-22(12-19)28(31)33-17-32-24/h2-8,11-13,16-17H,9-10,14-15H2,1H3,(H2,31,32,33). The van der Waals surface area contributed by atoms with E-state index in [1.54, 1.807) is 24.3 Å². The minimum Gasteiger partial charge on any atom is -0.487 e. The number of benzene rings is 3. The van der Waals surface area contributed by atoms with Crippen molar-refractivity contribution in [1.29, 1.82) is 0 Å². The molecular weight excluding hydrogens is 573 g/mol. The molecule has 8 nitrogen and oxygen atoms in total. The lowest BCUT2D eigenvalue weighted by atomic mass is 10.1. The van der Waals surface area contributed by atoms with Crippen LogP contribution in [0.25, 0.3) is 22.2 Å². The summed E-state index contributed by atoms with van der Waals surface area (Å²) in [6.07, 6.45) is 2.64. The number of nitrogen functional groups attached to an aromatic ring is 1. The molecule has 0 amide bonds. The smallest absolute Gasteiger partial charge is 0.149 e. The van der Waals surface area contributed by atoms with Gasteiger partial charge in [0.05, 0.1) is 28.5 Å². The Bertz CT molecular complexity index is 1780. The van der Waals surface area contributed by atoms with E-state index in [1.165, 1.54) is 36.1 Å². The monoisotopic (exact) mass is 597 g/mol. The zero-order valence-electron chi connectivity index (χ0n) is 21.4. The van der Waals surface area contributed by atoms with E-state index < -0.39 is 9.84 Å². The van der Waals surface area contributed by atoms with Crippen LogP contribution in [0.4, 0.5) is 15.9 Å². The summed E-state index contributed by atoms with van der Waals surface area (Å²) in [7, 11) is -3.21. The van der Waals surface area contributed by atoms with Gasteiger partial charge in [-0.3, -0.25) is 0 Å². The summed E-state index contributed by atoms with van der Waals surface area (Å²) in [4.78, 5) is 15.0. The van der Waals surface area contributed by atoms with Crippen molar-refractivity contribution in [1.82, 2.24) is 15.0 Å². The third-order valence-electron chi connectivity index (χ3n) is 6.14. The van der Waals surface area contributed by atoms with Gasteiger partial charge in [-0.15, -0.1) is 11.3 Å². The van der Waals surface area contributed by atoms with E-state index in [9.17, 15) is 12.8 Å². The van der Waals surface area contributed by atoms with Crippen molar-refractivity contribution >= 4 is 55.2 Å². The number of rotatable bonds is 10. The van der Waals surface area contributed by atoms with E-state index in [0.717, 1.165) is 32.9 Å². The molecule has 40 heavy (non-hydrogen) atoms. The van der Waals surface area contributed by atoms with Gasteiger partial charge in [0.25, 0.3) is 0 Å². The zero-order valence-corrected chi connectivity index (χ0v) is 23.8. The number of nitrogens with zero attached hydrogens (tertiary/aromatic N) is 4. The molecule has 0 bridgehead atoms. The average Bonchev–Trinajstić information content (AvgIpc) is 3.39. The van der Waals surface area contributed by atoms with Crippen molar-refractivity contribution < 1.29 is 17.5 Å². The molecule has 3 aromatic carbocycles. The number of ether oxygens (including phenoxy) is 1. The third-order valence-corrected chi connectivity index (χ3v) is 8.19. The maximum absolute atomic E-state index is 13.5. The van der Waals surface area contributed by atoms with Crippen LogP contribution < -0.4 is 15.4 Å². The second-order valence-corrected chi connectivity index (χ2v) is 12.8. The van der Waals surface area contributed by atoms with Gasteiger partial charge in [-0.05, 0) is 48.0 Å². The van der Waals surface area contributed by atoms with Crippen LogP contribution in [0.3, 0.4) is 0 Å². The van der Waals surface area contributed by atoms with Gasteiger partial charge in [0.15, 0.2) is 0 Å². The fourth-order valence-electron chi connectivity index (χ4n) is 4.08. The van der Waals surface area contributed by atoms with Crippen LogP contribution >= 0.6 is 22.9 Å². The summed E-state index contributed by atoms with van der Waals surface area (Å²) in [5.41, 5.74) is 9.82. The van der Waals surface area contributed by atoms with E-state index in [2.05, 4.69) is 9.97 Å². The third kappa shape index (κ3) is 6.85. The van der Waals surface area contributed by atoms with Gasteiger partial charge < -0.3 is 15.4 Å². The van der Waals surface area contributed by atoms with E-state index in [0.29, 0.717) is 28.7 Å². The Morgan fingerprint density at radius 1 is 1.10 bits per heavy atom. The first-order chi connectivity index (χ1) is 19.1. The van der Waals surface area contributed by atoms with Crippen LogP contribution in [0, 0.1) is 5.82 Å². The number of nitrogens with two attached hydrogens (primary N) is 1. The number of hydrogen-bond acceptors (Lipinski definition) is 9. The molecule has 0 saturated heterocycles. The van der Waals surface area contributed by atoms with E-state index >= 15 is 0 Å². The van der Waals surface area contributed by atoms with Crippen molar-refractivity contribution in [2.24, 2.45) is 0 Å². The number of hydrogen-bond donors (Lipinski definition) is 1. The maximum atomic E-state index is 13.5. The van der Waals surface area contributed by atoms with Gasteiger partial charge in [-0.1, -0.05) is 29.8 Å². The number of thiazole rings is 1. The highest BCUT2D eigenvalue weighted by atomic mass is 35.5. The molecule has 2 aromatic heterocycles. The highest BCUT2D eigenvalue weighted by molar-refractivity contribution is 7.90. The summed E-state index contributed by atoms with van der Waals surface area (Å²) < 4.78 is 43.2. The van der Waals surface area contributed by atoms with E-state index in [1.807, 2.05) is 34.5 Å². The Balaban J connectivity index is 1.36. The molecule has 0 radical (unpaired) electrons. The highest BCUT2D eigenvalue weighted by Crippen LogP contribution is 2.32. The molecule has 0 aliphatic carbocycles. The summed E-state index contributed by atoms with van der Waals surface area (Å²) in [5, 5.41) is 3.85.